The van der Waals surface area contributed by atoms with Crippen LogP contribution in [0.3, 0.4) is 0 Å². The molecule has 0 saturated carbocycles. The van der Waals surface area contributed by atoms with Gasteiger partial charge in [0.15, 0.2) is 0 Å². The SMILES string of the molecule is CCCCCCCCSCCCCCCCC.P.[Zn].[Zn]. The van der Waals surface area contributed by atoms with E-state index in [4.69, 9.17) is 0 Å². The molecule has 4 heteroatoms. The maximum absolute atomic E-state index is 2.29. The summed E-state index contributed by atoms with van der Waals surface area (Å²) in [5.74, 6) is 2.81. The minimum absolute atomic E-state index is 0. The van der Waals surface area contributed by atoms with Crippen molar-refractivity contribution in [3.8, 4) is 0 Å². The molecule has 20 heavy (non-hydrogen) atoms. The summed E-state index contributed by atoms with van der Waals surface area (Å²) in [5.41, 5.74) is 0. The Kier molecular flexibility index (Phi) is 43.6. The molecule has 1 unspecified atom stereocenters. The van der Waals surface area contributed by atoms with Crippen molar-refractivity contribution < 1.29 is 39.0 Å². The van der Waals surface area contributed by atoms with E-state index < -0.39 is 0 Å². The van der Waals surface area contributed by atoms with Gasteiger partial charge in [-0.25, -0.2) is 0 Å². The molecule has 0 aromatic heterocycles. The molecular weight excluding hydrogens is 386 g/mol. The molecule has 0 aromatic carbocycles. The minimum Gasteiger partial charge on any atom is -0.162 e. The van der Waals surface area contributed by atoms with Gasteiger partial charge in [0.25, 0.3) is 0 Å². The van der Waals surface area contributed by atoms with Crippen LogP contribution in [-0.4, -0.2) is 11.5 Å². The van der Waals surface area contributed by atoms with Crippen LogP contribution in [0.25, 0.3) is 0 Å². The van der Waals surface area contributed by atoms with Gasteiger partial charge in [-0.1, -0.05) is 78.1 Å². The van der Waals surface area contributed by atoms with Gasteiger partial charge in [-0.15, -0.1) is 0 Å². The molecule has 0 heterocycles. The predicted molar refractivity (Wildman–Crippen MR) is 95.2 cm³/mol. The second-order valence-corrected chi connectivity index (χ2v) is 6.37. The van der Waals surface area contributed by atoms with E-state index in [0.29, 0.717) is 0 Å². The van der Waals surface area contributed by atoms with Crippen molar-refractivity contribution in [1.82, 2.24) is 0 Å². The Labute approximate surface area is 162 Å². The summed E-state index contributed by atoms with van der Waals surface area (Å²) in [7, 11) is 0. The summed E-state index contributed by atoms with van der Waals surface area (Å²) >= 11 is 2.18. The molecule has 0 spiro atoms. The number of unbranched alkanes of at least 4 members (excludes halogenated alkanes) is 10. The van der Waals surface area contributed by atoms with Crippen LogP contribution in [0, 0.1) is 0 Å². The first-order valence-electron chi connectivity index (χ1n) is 7.99. The summed E-state index contributed by atoms with van der Waals surface area (Å²) in [6, 6.07) is 0. The molecule has 1 atom stereocenters. The zero-order valence-corrected chi connectivity index (χ0v) is 22.6. The molecule has 0 bridgehead atoms. The Morgan fingerprint density at radius 3 is 1.15 bits per heavy atom. The Bertz CT molecular complexity index is 124. The van der Waals surface area contributed by atoms with E-state index >= 15 is 0 Å². The molecule has 0 rings (SSSR count). The van der Waals surface area contributed by atoms with Crippen molar-refractivity contribution in [3.63, 3.8) is 0 Å². The molecule has 0 nitrogen and oxygen atoms in total. The van der Waals surface area contributed by atoms with Crippen LogP contribution in [0.15, 0.2) is 0 Å². The van der Waals surface area contributed by atoms with Crippen LogP contribution >= 0.6 is 21.7 Å². The van der Waals surface area contributed by atoms with Crippen molar-refractivity contribution in [2.45, 2.75) is 90.9 Å². The molecular formula is C16H37PSZn2. The predicted octanol–water partition coefficient (Wildman–Crippen LogP) is 6.49. The van der Waals surface area contributed by atoms with Crippen LogP contribution in [0.1, 0.15) is 90.9 Å². The Hall–Kier alpha value is 2.03. The Morgan fingerprint density at radius 2 is 0.800 bits per heavy atom. The number of thioether (sulfide) groups is 1. The first-order chi connectivity index (χ1) is 8.41. The maximum atomic E-state index is 2.29. The van der Waals surface area contributed by atoms with Gasteiger partial charge in [-0.2, -0.15) is 21.7 Å². The second kappa shape index (κ2) is 29.1. The third kappa shape index (κ3) is 28.2. The largest absolute Gasteiger partial charge is 0.162 e. The summed E-state index contributed by atoms with van der Waals surface area (Å²) in [6.45, 7) is 4.58. The van der Waals surface area contributed by atoms with Gasteiger partial charge in [0.1, 0.15) is 0 Å². The van der Waals surface area contributed by atoms with Crippen LogP contribution in [0.5, 0.6) is 0 Å². The topological polar surface area (TPSA) is 0 Å². The molecule has 0 aromatic rings. The molecule has 116 valence electrons. The number of hydrogen-bond acceptors (Lipinski definition) is 1. The van der Waals surface area contributed by atoms with Crippen molar-refractivity contribution in [2.75, 3.05) is 11.5 Å². The van der Waals surface area contributed by atoms with Gasteiger partial charge in [-0.3, -0.25) is 0 Å². The van der Waals surface area contributed by atoms with Gasteiger partial charge in [-0.05, 0) is 24.3 Å². The third-order valence-electron chi connectivity index (χ3n) is 3.28. The van der Waals surface area contributed by atoms with Crippen LogP contribution in [0.4, 0.5) is 0 Å². The first kappa shape index (κ1) is 30.0. The molecule has 0 saturated heterocycles. The average molecular weight is 423 g/mol. The van der Waals surface area contributed by atoms with E-state index in [1.54, 1.807) is 0 Å². The van der Waals surface area contributed by atoms with Crippen molar-refractivity contribution in [3.05, 3.63) is 0 Å². The Balaban J connectivity index is -0.000000427. The fourth-order valence-electron chi connectivity index (χ4n) is 2.07. The normalized spacial score (nSPS) is 9.30. The first-order valence-corrected chi connectivity index (χ1v) is 9.15. The third-order valence-corrected chi connectivity index (χ3v) is 4.44. The molecule has 0 aliphatic rings. The quantitative estimate of drug-likeness (QED) is 0.175. The van der Waals surface area contributed by atoms with E-state index in [1.807, 2.05) is 0 Å². The van der Waals surface area contributed by atoms with E-state index in [0.717, 1.165) is 0 Å². The van der Waals surface area contributed by atoms with Crippen molar-refractivity contribution in [2.24, 2.45) is 0 Å². The molecule has 0 amide bonds. The number of hydrogen-bond donors (Lipinski definition) is 0. The fourth-order valence-corrected chi connectivity index (χ4v) is 3.09. The zero-order chi connectivity index (χ0) is 12.6. The molecule has 0 N–H and O–H groups in total. The smallest absolute Gasteiger partial charge is 0 e. The van der Waals surface area contributed by atoms with Gasteiger partial charge >= 0.3 is 0 Å². The molecule has 0 aliphatic carbocycles. The molecule has 0 radical (unpaired) electrons. The second-order valence-electron chi connectivity index (χ2n) is 5.15. The summed E-state index contributed by atoms with van der Waals surface area (Å²) in [4.78, 5) is 0. The van der Waals surface area contributed by atoms with Crippen LogP contribution in [0.2, 0.25) is 0 Å². The monoisotopic (exact) mass is 420 g/mol. The fraction of sp³-hybridized carbons (Fsp3) is 1.00. The molecule has 0 aliphatic heterocycles. The van der Waals surface area contributed by atoms with E-state index in [-0.39, 0.29) is 48.9 Å². The van der Waals surface area contributed by atoms with Crippen LogP contribution in [-0.2, 0) is 39.0 Å². The van der Waals surface area contributed by atoms with E-state index in [1.165, 1.54) is 88.6 Å². The van der Waals surface area contributed by atoms with E-state index in [9.17, 15) is 0 Å². The van der Waals surface area contributed by atoms with Gasteiger partial charge < -0.3 is 0 Å². The van der Waals surface area contributed by atoms with Gasteiger partial charge in [0.05, 0.1) is 0 Å². The maximum Gasteiger partial charge on any atom is 0 e. The molecule has 0 fully saturated rings. The Morgan fingerprint density at radius 1 is 0.500 bits per heavy atom. The average Bonchev–Trinajstić information content (AvgIpc) is 2.35. The summed E-state index contributed by atoms with van der Waals surface area (Å²) in [5, 5.41) is 0. The zero-order valence-electron chi connectivity index (χ0n) is 14.4. The van der Waals surface area contributed by atoms with Crippen molar-refractivity contribution >= 4 is 21.7 Å². The summed E-state index contributed by atoms with van der Waals surface area (Å²) < 4.78 is 0. The van der Waals surface area contributed by atoms with Crippen LogP contribution < -0.4 is 0 Å². The summed E-state index contributed by atoms with van der Waals surface area (Å²) in [6.07, 6.45) is 17.3. The standard InChI is InChI=1S/C16H34S.H3P.2Zn/c1-3-5-7-9-11-13-15-17-16-14-12-10-8-6-4-2;;;/h3-16H2,1-2H3;1H3;;. The minimum atomic E-state index is 0. The number of rotatable bonds is 14. The van der Waals surface area contributed by atoms with Gasteiger partial charge in [0, 0.05) is 39.0 Å². The van der Waals surface area contributed by atoms with Crippen molar-refractivity contribution in [1.29, 1.82) is 0 Å². The van der Waals surface area contributed by atoms with E-state index in [2.05, 4.69) is 25.6 Å². The van der Waals surface area contributed by atoms with Gasteiger partial charge in [0.2, 0.25) is 0 Å².